The molecule has 1 aromatic carbocycles. The molecule has 0 radical (unpaired) electrons. The van der Waals surface area contributed by atoms with Crippen LogP contribution in [0.5, 0.6) is 0 Å². The number of pyridine rings is 1. The monoisotopic (exact) mass is 388 g/mol. The highest BCUT2D eigenvalue weighted by Gasteiger charge is 2.22. The maximum atomic E-state index is 12.2. The molecule has 1 aliphatic heterocycles. The molecule has 148 valence electrons. The summed E-state index contributed by atoms with van der Waals surface area (Å²) in [7, 11) is 0. The van der Waals surface area contributed by atoms with E-state index in [4.69, 9.17) is 5.10 Å². The van der Waals surface area contributed by atoms with E-state index in [9.17, 15) is 4.79 Å². The van der Waals surface area contributed by atoms with Gasteiger partial charge in [0, 0.05) is 31.0 Å². The van der Waals surface area contributed by atoms with E-state index in [2.05, 4.69) is 20.4 Å². The fourth-order valence-electron chi connectivity index (χ4n) is 3.56. The van der Waals surface area contributed by atoms with Crippen molar-refractivity contribution in [1.29, 1.82) is 0 Å². The number of anilines is 1. The molecule has 7 nitrogen and oxygen atoms in total. The van der Waals surface area contributed by atoms with Gasteiger partial charge in [0.15, 0.2) is 0 Å². The van der Waals surface area contributed by atoms with Gasteiger partial charge in [0.25, 0.3) is 5.91 Å². The summed E-state index contributed by atoms with van der Waals surface area (Å²) in [6.45, 7) is 3.95. The molecule has 0 unspecified atom stereocenters. The molecule has 1 amide bonds. The van der Waals surface area contributed by atoms with Gasteiger partial charge < -0.3 is 4.90 Å². The maximum Gasteiger partial charge on any atom is 0.271 e. The minimum atomic E-state index is -0.267. The van der Waals surface area contributed by atoms with Gasteiger partial charge in [0.2, 0.25) is 0 Å². The molecule has 2 aromatic heterocycles. The summed E-state index contributed by atoms with van der Waals surface area (Å²) in [5, 5.41) is 8.99. The zero-order valence-corrected chi connectivity index (χ0v) is 16.5. The molecule has 0 aliphatic carbocycles. The molecule has 0 bridgehead atoms. The number of nitrogens with zero attached hydrogens (tertiary/aromatic N) is 5. The molecule has 1 aliphatic rings. The number of hydrogen-bond donors (Lipinski definition) is 1. The summed E-state index contributed by atoms with van der Waals surface area (Å²) in [4.78, 5) is 18.5. The van der Waals surface area contributed by atoms with Crippen LogP contribution in [0.1, 0.15) is 40.9 Å². The highest BCUT2D eigenvalue weighted by molar-refractivity contribution is 5.95. The molecule has 29 heavy (non-hydrogen) atoms. The number of piperidine rings is 1. The first-order chi connectivity index (χ1) is 14.2. The summed E-state index contributed by atoms with van der Waals surface area (Å²) in [6, 6.07) is 13.4. The van der Waals surface area contributed by atoms with Gasteiger partial charge in [0.05, 0.1) is 23.2 Å². The summed E-state index contributed by atoms with van der Waals surface area (Å²) in [5.74, 6) is 0.756. The summed E-state index contributed by atoms with van der Waals surface area (Å²) >= 11 is 0. The number of hydrogen-bond acceptors (Lipinski definition) is 5. The van der Waals surface area contributed by atoms with Crippen molar-refractivity contribution in [1.82, 2.24) is 20.2 Å². The van der Waals surface area contributed by atoms with Crippen LogP contribution in [-0.2, 0) is 0 Å². The summed E-state index contributed by atoms with van der Waals surface area (Å²) in [5.41, 5.74) is 5.92. The average Bonchev–Trinajstić information content (AvgIpc) is 3.12. The Bertz CT molecular complexity index is 991. The van der Waals surface area contributed by atoms with Crippen molar-refractivity contribution in [2.45, 2.75) is 26.2 Å². The van der Waals surface area contributed by atoms with Gasteiger partial charge in [-0.15, -0.1) is 0 Å². The number of amides is 1. The second-order valence-electron chi connectivity index (χ2n) is 7.05. The fraction of sp³-hybridized carbons (Fsp3) is 0.273. The quantitative estimate of drug-likeness (QED) is 0.537. The number of benzene rings is 1. The Balaban J connectivity index is 1.65. The molecular weight excluding hydrogens is 364 g/mol. The lowest BCUT2D eigenvalue weighted by Crippen LogP contribution is -2.32. The number of nitrogens with one attached hydrogen (secondary N) is 1. The Hall–Kier alpha value is -3.48. The standard InChI is InChI=1S/C22H24N6O/c1-17-20(16-24-25-21(29)18-10-12-23-13-11-18)22(27-14-6-3-7-15-27)28(26-17)19-8-4-2-5-9-19/h2,4-5,8-13,16H,3,6-7,14-15H2,1H3,(H,25,29)/b24-16-. The van der Waals surface area contributed by atoms with E-state index in [-0.39, 0.29) is 5.91 Å². The van der Waals surface area contributed by atoms with Crippen LogP contribution in [0, 0.1) is 6.92 Å². The zero-order chi connectivity index (χ0) is 20.1. The van der Waals surface area contributed by atoms with E-state index in [0.717, 1.165) is 48.7 Å². The topological polar surface area (TPSA) is 75.4 Å². The second-order valence-corrected chi connectivity index (χ2v) is 7.05. The fourth-order valence-corrected chi connectivity index (χ4v) is 3.56. The minimum absolute atomic E-state index is 0.267. The Kier molecular flexibility index (Phi) is 5.65. The Morgan fingerprint density at radius 2 is 1.79 bits per heavy atom. The van der Waals surface area contributed by atoms with Gasteiger partial charge in [-0.3, -0.25) is 9.78 Å². The van der Waals surface area contributed by atoms with Crippen LogP contribution in [0.2, 0.25) is 0 Å². The summed E-state index contributed by atoms with van der Waals surface area (Å²) < 4.78 is 1.98. The van der Waals surface area contributed by atoms with Gasteiger partial charge in [-0.25, -0.2) is 10.1 Å². The molecule has 0 atom stereocenters. The molecule has 1 saturated heterocycles. The van der Waals surface area contributed by atoms with Crippen LogP contribution in [0.4, 0.5) is 5.82 Å². The molecule has 4 rings (SSSR count). The number of hydrazone groups is 1. The van der Waals surface area contributed by atoms with Crippen molar-refractivity contribution < 1.29 is 4.79 Å². The van der Waals surface area contributed by atoms with Crippen molar-refractivity contribution >= 4 is 17.9 Å². The molecule has 0 spiro atoms. The van der Waals surface area contributed by atoms with Crippen molar-refractivity contribution in [2.24, 2.45) is 5.10 Å². The number of para-hydroxylation sites is 1. The van der Waals surface area contributed by atoms with E-state index >= 15 is 0 Å². The highest BCUT2D eigenvalue weighted by atomic mass is 16.2. The van der Waals surface area contributed by atoms with Crippen molar-refractivity contribution in [3.63, 3.8) is 0 Å². The molecule has 3 aromatic rings. The lowest BCUT2D eigenvalue weighted by atomic mass is 10.1. The lowest BCUT2D eigenvalue weighted by molar-refractivity contribution is 0.0955. The second kappa shape index (κ2) is 8.68. The average molecular weight is 388 g/mol. The summed E-state index contributed by atoms with van der Waals surface area (Å²) in [6.07, 6.45) is 8.44. The molecule has 1 N–H and O–H groups in total. The SMILES string of the molecule is Cc1nn(-c2ccccc2)c(N2CCCCC2)c1/C=N\NC(=O)c1ccncc1. The van der Waals surface area contributed by atoms with Gasteiger partial charge in [-0.2, -0.15) is 10.2 Å². The van der Waals surface area contributed by atoms with Crippen molar-refractivity contribution in [2.75, 3.05) is 18.0 Å². The zero-order valence-electron chi connectivity index (χ0n) is 16.5. The molecule has 0 saturated carbocycles. The molecular formula is C22H24N6O. The van der Waals surface area contributed by atoms with Gasteiger partial charge in [-0.05, 0) is 50.5 Å². The van der Waals surface area contributed by atoms with E-state index in [0.29, 0.717) is 5.56 Å². The Morgan fingerprint density at radius 3 is 2.52 bits per heavy atom. The van der Waals surface area contributed by atoms with Crippen LogP contribution in [0.3, 0.4) is 0 Å². The first-order valence-electron chi connectivity index (χ1n) is 9.87. The predicted octanol–water partition coefficient (Wildman–Crippen LogP) is 3.33. The smallest absolute Gasteiger partial charge is 0.271 e. The predicted molar refractivity (Wildman–Crippen MR) is 114 cm³/mol. The number of rotatable bonds is 5. The molecule has 3 heterocycles. The van der Waals surface area contributed by atoms with E-state index in [1.165, 1.54) is 6.42 Å². The number of carbonyl (C=O) groups is 1. The van der Waals surface area contributed by atoms with Crippen LogP contribution < -0.4 is 10.3 Å². The van der Waals surface area contributed by atoms with Crippen LogP contribution in [-0.4, -0.2) is 40.0 Å². The normalized spacial score (nSPS) is 14.3. The van der Waals surface area contributed by atoms with E-state index in [1.54, 1.807) is 30.7 Å². The van der Waals surface area contributed by atoms with Gasteiger partial charge >= 0.3 is 0 Å². The van der Waals surface area contributed by atoms with E-state index < -0.39 is 0 Å². The maximum absolute atomic E-state index is 12.2. The molecule has 7 heteroatoms. The number of carbonyl (C=O) groups excluding carboxylic acids is 1. The van der Waals surface area contributed by atoms with Crippen LogP contribution >= 0.6 is 0 Å². The number of aryl methyl sites for hydroxylation is 1. The van der Waals surface area contributed by atoms with Gasteiger partial charge in [-0.1, -0.05) is 18.2 Å². The third-order valence-electron chi connectivity index (χ3n) is 5.04. The van der Waals surface area contributed by atoms with Gasteiger partial charge in [0.1, 0.15) is 5.82 Å². The first-order valence-corrected chi connectivity index (χ1v) is 9.87. The third-order valence-corrected chi connectivity index (χ3v) is 5.04. The number of aromatic nitrogens is 3. The largest absolute Gasteiger partial charge is 0.356 e. The lowest BCUT2D eigenvalue weighted by Gasteiger charge is -2.29. The van der Waals surface area contributed by atoms with Crippen molar-refractivity contribution in [3.05, 3.63) is 71.7 Å². The third kappa shape index (κ3) is 4.18. The minimum Gasteiger partial charge on any atom is -0.356 e. The van der Waals surface area contributed by atoms with Crippen LogP contribution in [0.15, 0.2) is 60.0 Å². The Labute approximate surface area is 170 Å². The molecule has 1 fully saturated rings. The Morgan fingerprint density at radius 1 is 1.07 bits per heavy atom. The van der Waals surface area contributed by atoms with Crippen molar-refractivity contribution in [3.8, 4) is 5.69 Å². The van der Waals surface area contributed by atoms with E-state index in [1.807, 2.05) is 41.9 Å². The van der Waals surface area contributed by atoms with Crippen LogP contribution in [0.25, 0.3) is 5.69 Å². The first kappa shape index (κ1) is 18.9. The highest BCUT2D eigenvalue weighted by Crippen LogP contribution is 2.28.